The van der Waals surface area contributed by atoms with Gasteiger partial charge in [-0.3, -0.25) is 0 Å². The minimum Gasteiger partial charge on any atom is -0.0844 e. The van der Waals surface area contributed by atoms with E-state index in [0.717, 1.165) is 11.5 Å². The van der Waals surface area contributed by atoms with Crippen molar-refractivity contribution < 1.29 is 0 Å². The van der Waals surface area contributed by atoms with E-state index in [1.165, 1.54) is 5.57 Å². The van der Waals surface area contributed by atoms with Crippen molar-refractivity contribution in [2.75, 3.05) is 0 Å². The number of allylic oxidation sites excluding steroid dienone is 4. The third kappa shape index (κ3) is 1.59. The van der Waals surface area contributed by atoms with Crippen LogP contribution in [0.25, 0.3) is 0 Å². The van der Waals surface area contributed by atoms with Crippen molar-refractivity contribution in [2.24, 2.45) is 5.92 Å². The minimum absolute atomic E-state index is 0.674. The van der Waals surface area contributed by atoms with Gasteiger partial charge in [-0.1, -0.05) is 30.7 Å². The van der Waals surface area contributed by atoms with Gasteiger partial charge < -0.3 is 0 Å². The van der Waals surface area contributed by atoms with Gasteiger partial charge in [0.15, 0.2) is 0 Å². The van der Waals surface area contributed by atoms with Crippen molar-refractivity contribution in [1.82, 2.24) is 0 Å². The highest BCUT2D eigenvalue weighted by Gasteiger charge is 2.05. The molecule has 0 saturated heterocycles. The number of halogens is 1. The summed E-state index contributed by atoms with van der Waals surface area (Å²) in [5.41, 5.74) is 1.22. The van der Waals surface area contributed by atoms with E-state index in [-0.39, 0.29) is 0 Å². The van der Waals surface area contributed by atoms with Gasteiger partial charge in [0, 0.05) is 5.03 Å². The van der Waals surface area contributed by atoms with Crippen LogP contribution in [0.15, 0.2) is 22.8 Å². The summed E-state index contributed by atoms with van der Waals surface area (Å²) in [5.74, 6) is 0.674. The summed E-state index contributed by atoms with van der Waals surface area (Å²) >= 11 is 5.83. The summed E-state index contributed by atoms with van der Waals surface area (Å²) in [6, 6.07) is 0. The van der Waals surface area contributed by atoms with Crippen molar-refractivity contribution in [2.45, 2.75) is 20.3 Å². The highest BCUT2D eigenvalue weighted by Crippen LogP contribution is 2.24. The van der Waals surface area contributed by atoms with E-state index >= 15 is 0 Å². The van der Waals surface area contributed by atoms with Gasteiger partial charge in [-0.25, -0.2) is 0 Å². The first-order valence-electron chi connectivity index (χ1n) is 3.24. The molecule has 1 atom stereocenters. The maximum atomic E-state index is 5.83. The third-order valence-corrected chi connectivity index (χ3v) is 2.03. The molecule has 0 saturated carbocycles. The van der Waals surface area contributed by atoms with Gasteiger partial charge in [0.2, 0.25) is 0 Å². The molecule has 1 aliphatic rings. The molecule has 1 aliphatic carbocycles. The summed E-state index contributed by atoms with van der Waals surface area (Å²) in [4.78, 5) is 0. The molecule has 1 heteroatoms. The Balaban J connectivity index is 2.75. The zero-order chi connectivity index (χ0) is 6.85. The number of rotatable bonds is 0. The average Bonchev–Trinajstić information content (AvgIpc) is 1.80. The van der Waals surface area contributed by atoms with Crippen LogP contribution in [0.1, 0.15) is 20.3 Å². The van der Waals surface area contributed by atoms with Crippen LogP contribution in [-0.2, 0) is 0 Å². The second-order valence-corrected chi connectivity index (χ2v) is 3.02. The summed E-state index contributed by atoms with van der Waals surface area (Å²) in [6.07, 6.45) is 5.39. The molecule has 0 heterocycles. The molecule has 50 valence electrons. The molecule has 0 bridgehead atoms. The molecular formula is C8H11Cl. The van der Waals surface area contributed by atoms with E-state index in [1.54, 1.807) is 0 Å². The monoisotopic (exact) mass is 142 g/mol. The van der Waals surface area contributed by atoms with Crippen LogP contribution < -0.4 is 0 Å². The van der Waals surface area contributed by atoms with E-state index in [2.05, 4.69) is 26.0 Å². The molecule has 9 heavy (non-hydrogen) atoms. The Morgan fingerprint density at radius 3 is 2.78 bits per heavy atom. The normalized spacial score (nSPS) is 27.2. The van der Waals surface area contributed by atoms with Gasteiger partial charge in [0.25, 0.3) is 0 Å². The maximum Gasteiger partial charge on any atom is 0.0392 e. The first kappa shape index (κ1) is 6.88. The maximum absolute atomic E-state index is 5.83. The van der Waals surface area contributed by atoms with Crippen LogP contribution in [0, 0.1) is 5.92 Å². The lowest BCUT2D eigenvalue weighted by molar-refractivity contribution is 0.727. The van der Waals surface area contributed by atoms with Crippen LogP contribution in [0.4, 0.5) is 0 Å². The lowest BCUT2D eigenvalue weighted by Crippen LogP contribution is -1.95. The molecule has 0 N–H and O–H groups in total. The van der Waals surface area contributed by atoms with Crippen LogP contribution in [0.2, 0.25) is 0 Å². The van der Waals surface area contributed by atoms with Gasteiger partial charge in [0.1, 0.15) is 0 Å². The van der Waals surface area contributed by atoms with Crippen molar-refractivity contribution in [3.05, 3.63) is 22.8 Å². The van der Waals surface area contributed by atoms with E-state index < -0.39 is 0 Å². The summed E-state index contributed by atoms with van der Waals surface area (Å²) in [7, 11) is 0. The van der Waals surface area contributed by atoms with Gasteiger partial charge in [-0.15, -0.1) is 0 Å². The van der Waals surface area contributed by atoms with E-state index in [1.807, 2.05) is 0 Å². The highest BCUT2D eigenvalue weighted by molar-refractivity contribution is 6.32. The Kier molecular flexibility index (Phi) is 1.97. The van der Waals surface area contributed by atoms with Crippen molar-refractivity contribution >= 4 is 11.6 Å². The first-order chi connectivity index (χ1) is 4.20. The molecule has 0 aliphatic heterocycles. The van der Waals surface area contributed by atoms with E-state index in [9.17, 15) is 0 Å². The molecule has 1 rings (SSSR count). The SMILES string of the molecule is CC1=CC(C)CC=C1Cl. The molecular weight excluding hydrogens is 132 g/mol. The number of hydrogen-bond acceptors (Lipinski definition) is 0. The lowest BCUT2D eigenvalue weighted by atomic mass is 9.99. The summed E-state index contributed by atoms with van der Waals surface area (Å²) in [6.45, 7) is 4.25. The second-order valence-electron chi connectivity index (χ2n) is 2.61. The van der Waals surface area contributed by atoms with Gasteiger partial charge in [-0.05, 0) is 24.8 Å². The summed E-state index contributed by atoms with van der Waals surface area (Å²) < 4.78 is 0. The predicted octanol–water partition coefficient (Wildman–Crippen LogP) is 3.10. The fraction of sp³-hybridized carbons (Fsp3) is 0.500. The summed E-state index contributed by atoms with van der Waals surface area (Å²) in [5, 5.41) is 0.924. The molecule has 0 aromatic rings. The number of hydrogen-bond donors (Lipinski definition) is 0. The Morgan fingerprint density at radius 1 is 1.67 bits per heavy atom. The molecule has 0 aromatic carbocycles. The van der Waals surface area contributed by atoms with Crippen LogP contribution >= 0.6 is 11.6 Å². The van der Waals surface area contributed by atoms with Crippen LogP contribution in [-0.4, -0.2) is 0 Å². The highest BCUT2D eigenvalue weighted by atomic mass is 35.5. The average molecular weight is 143 g/mol. The van der Waals surface area contributed by atoms with Crippen LogP contribution in [0.3, 0.4) is 0 Å². The fourth-order valence-corrected chi connectivity index (χ4v) is 1.18. The quantitative estimate of drug-likeness (QED) is 0.488. The molecule has 0 aromatic heterocycles. The molecule has 0 spiro atoms. The largest absolute Gasteiger partial charge is 0.0844 e. The fourth-order valence-electron chi connectivity index (χ4n) is 1.02. The van der Waals surface area contributed by atoms with Gasteiger partial charge in [0.05, 0.1) is 0 Å². The zero-order valence-electron chi connectivity index (χ0n) is 5.82. The molecule has 0 nitrogen and oxygen atoms in total. The van der Waals surface area contributed by atoms with Gasteiger partial charge in [-0.2, -0.15) is 0 Å². The molecule has 0 fully saturated rings. The lowest BCUT2D eigenvalue weighted by Gasteiger charge is -2.11. The Bertz CT molecular complexity index is 165. The van der Waals surface area contributed by atoms with E-state index in [4.69, 9.17) is 11.6 Å². The smallest absolute Gasteiger partial charge is 0.0392 e. The first-order valence-corrected chi connectivity index (χ1v) is 3.62. The third-order valence-electron chi connectivity index (χ3n) is 1.58. The standard InChI is InChI=1S/C8H11Cl/c1-6-3-4-8(9)7(2)5-6/h4-6H,3H2,1-2H3. The Labute approximate surface area is 61.2 Å². The minimum atomic E-state index is 0.674. The Hall–Kier alpha value is -0.230. The van der Waals surface area contributed by atoms with Crippen molar-refractivity contribution in [1.29, 1.82) is 0 Å². The van der Waals surface area contributed by atoms with Gasteiger partial charge >= 0.3 is 0 Å². The van der Waals surface area contributed by atoms with Crippen LogP contribution in [0.5, 0.6) is 0 Å². The van der Waals surface area contributed by atoms with Crippen molar-refractivity contribution in [3.8, 4) is 0 Å². The predicted molar refractivity (Wildman–Crippen MR) is 41.5 cm³/mol. The van der Waals surface area contributed by atoms with E-state index in [0.29, 0.717) is 5.92 Å². The topological polar surface area (TPSA) is 0 Å². The molecule has 0 amide bonds. The molecule has 0 radical (unpaired) electrons. The van der Waals surface area contributed by atoms with Crippen molar-refractivity contribution in [3.63, 3.8) is 0 Å². The zero-order valence-corrected chi connectivity index (χ0v) is 6.57. The Morgan fingerprint density at radius 2 is 2.33 bits per heavy atom. The second kappa shape index (κ2) is 2.57. The molecule has 1 unspecified atom stereocenters.